The zero-order valence-electron chi connectivity index (χ0n) is 12.0. The van der Waals surface area contributed by atoms with Gasteiger partial charge >= 0.3 is 0 Å². The number of hydrogen-bond donors (Lipinski definition) is 2. The fourth-order valence-corrected chi connectivity index (χ4v) is 2.19. The van der Waals surface area contributed by atoms with Crippen LogP contribution in [-0.2, 0) is 11.3 Å². The summed E-state index contributed by atoms with van der Waals surface area (Å²) in [5.41, 5.74) is 1.98. The largest absolute Gasteiger partial charge is 0.364 e. The predicted octanol–water partition coefficient (Wildman–Crippen LogP) is 2.02. The minimum Gasteiger partial charge on any atom is -0.364 e. The Morgan fingerprint density at radius 3 is 2.63 bits per heavy atom. The molecule has 5 heteroatoms. The molecule has 0 saturated carbocycles. The number of carbonyl (C=O) groups is 1. The van der Waals surface area contributed by atoms with Gasteiger partial charge in [-0.05, 0) is 38.6 Å². The molecular weight excluding hydrogens is 262 g/mol. The maximum absolute atomic E-state index is 11.7. The number of carbonyl (C=O) groups excluding carboxylic acids is 1. The normalized spacial score (nSPS) is 10.6. The zero-order chi connectivity index (χ0) is 14.4. The fourth-order valence-electron chi connectivity index (χ4n) is 1.84. The molecule has 19 heavy (non-hydrogen) atoms. The first kappa shape index (κ1) is 15.8. The first-order chi connectivity index (χ1) is 8.93. The van der Waals surface area contributed by atoms with Crippen LogP contribution in [0, 0.1) is 0 Å². The molecular formula is C14H22ClN3O. The average Bonchev–Trinajstić information content (AvgIpc) is 2.27. The third-order valence-electron chi connectivity index (χ3n) is 2.63. The first-order valence-corrected chi connectivity index (χ1v) is 6.75. The Bertz CT molecular complexity index is 435. The Kier molecular flexibility index (Phi) is 6.12. The van der Waals surface area contributed by atoms with Crippen molar-refractivity contribution < 1.29 is 4.79 Å². The van der Waals surface area contributed by atoms with E-state index in [1.165, 1.54) is 0 Å². The number of likely N-dealkylation sites (N-methyl/N-ethyl adjacent to an activating group) is 1. The predicted molar refractivity (Wildman–Crippen MR) is 80.8 cm³/mol. The van der Waals surface area contributed by atoms with E-state index in [0.717, 1.165) is 17.8 Å². The number of nitrogens with one attached hydrogen (secondary N) is 2. The summed E-state index contributed by atoms with van der Waals surface area (Å²) in [5, 5.41) is 6.60. The van der Waals surface area contributed by atoms with E-state index in [1.54, 1.807) is 0 Å². The van der Waals surface area contributed by atoms with Crippen molar-refractivity contribution >= 4 is 23.2 Å². The maximum Gasteiger partial charge on any atom is 0.239 e. The highest BCUT2D eigenvalue weighted by molar-refractivity contribution is 6.33. The molecule has 0 aliphatic heterocycles. The molecule has 1 aromatic rings. The summed E-state index contributed by atoms with van der Waals surface area (Å²) in [7, 11) is 3.75. The second kappa shape index (κ2) is 7.36. The van der Waals surface area contributed by atoms with E-state index in [0.29, 0.717) is 11.6 Å². The van der Waals surface area contributed by atoms with Gasteiger partial charge in [0.1, 0.15) is 0 Å². The highest BCUT2D eigenvalue weighted by Gasteiger charge is 2.11. The molecule has 1 amide bonds. The summed E-state index contributed by atoms with van der Waals surface area (Å²) in [6.45, 7) is 4.95. The molecule has 1 aromatic carbocycles. The Morgan fingerprint density at radius 1 is 1.42 bits per heavy atom. The molecule has 0 fully saturated rings. The molecule has 0 radical (unpaired) electrons. The van der Waals surface area contributed by atoms with E-state index in [-0.39, 0.29) is 11.9 Å². The summed E-state index contributed by atoms with van der Waals surface area (Å²) in [6, 6.07) is 6.02. The van der Waals surface area contributed by atoms with Gasteiger partial charge in [0, 0.05) is 19.6 Å². The van der Waals surface area contributed by atoms with E-state index in [4.69, 9.17) is 11.6 Å². The van der Waals surface area contributed by atoms with Gasteiger partial charge in [0.2, 0.25) is 5.91 Å². The summed E-state index contributed by atoms with van der Waals surface area (Å²) >= 11 is 6.25. The highest BCUT2D eigenvalue weighted by atomic mass is 35.5. The van der Waals surface area contributed by atoms with Gasteiger partial charge in [-0.3, -0.25) is 4.79 Å². The van der Waals surface area contributed by atoms with E-state index < -0.39 is 0 Å². The van der Waals surface area contributed by atoms with Crippen molar-refractivity contribution in [3.63, 3.8) is 0 Å². The zero-order valence-corrected chi connectivity index (χ0v) is 12.7. The van der Waals surface area contributed by atoms with Crippen molar-refractivity contribution in [1.29, 1.82) is 0 Å². The van der Waals surface area contributed by atoms with Crippen LogP contribution in [0.5, 0.6) is 0 Å². The van der Waals surface area contributed by atoms with Crippen molar-refractivity contribution in [2.45, 2.75) is 26.4 Å². The lowest BCUT2D eigenvalue weighted by Gasteiger charge is -2.21. The second-order valence-corrected chi connectivity index (χ2v) is 5.30. The molecule has 0 aliphatic carbocycles. The van der Waals surface area contributed by atoms with Gasteiger partial charge in [-0.25, -0.2) is 0 Å². The molecule has 0 bridgehead atoms. The summed E-state index contributed by atoms with van der Waals surface area (Å²) < 4.78 is 0. The van der Waals surface area contributed by atoms with Crippen LogP contribution in [0.2, 0.25) is 5.02 Å². The van der Waals surface area contributed by atoms with Crippen LogP contribution in [0.15, 0.2) is 18.2 Å². The van der Waals surface area contributed by atoms with E-state index in [9.17, 15) is 4.79 Å². The van der Waals surface area contributed by atoms with Crippen molar-refractivity contribution in [1.82, 2.24) is 10.6 Å². The van der Waals surface area contributed by atoms with Crippen LogP contribution in [0.25, 0.3) is 0 Å². The number of hydrogen-bond acceptors (Lipinski definition) is 3. The lowest BCUT2D eigenvalue weighted by Crippen LogP contribution is -2.38. The Balaban J connectivity index is 2.71. The average molecular weight is 284 g/mol. The van der Waals surface area contributed by atoms with E-state index in [2.05, 4.69) is 10.6 Å². The van der Waals surface area contributed by atoms with Crippen molar-refractivity contribution in [2.24, 2.45) is 0 Å². The molecule has 0 aromatic heterocycles. The smallest absolute Gasteiger partial charge is 0.239 e. The SMILES string of the molecule is CNCc1ccc(N(C)CC(=O)NC(C)C)c(Cl)c1. The van der Waals surface area contributed by atoms with Gasteiger partial charge in [0.15, 0.2) is 0 Å². The van der Waals surface area contributed by atoms with Crippen LogP contribution in [-0.4, -0.2) is 32.6 Å². The molecule has 1 rings (SSSR count). The van der Waals surface area contributed by atoms with Gasteiger partial charge in [-0.1, -0.05) is 17.7 Å². The maximum atomic E-state index is 11.7. The van der Waals surface area contributed by atoms with Crippen molar-refractivity contribution in [3.05, 3.63) is 28.8 Å². The summed E-state index contributed by atoms with van der Waals surface area (Å²) in [4.78, 5) is 13.6. The molecule has 4 nitrogen and oxygen atoms in total. The molecule has 0 atom stereocenters. The van der Waals surface area contributed by atoms with Crippen molar-refractivity contribution in [2.75, 3.05) is 25.5 Å². The topological polar surface area (TPSA) is 44.4 Å². The van der Waals surface area contributed by atoms with Crippen LogP contribution in [0.4, 0.5) is 5.69 Å². The molecule has 0 unspecified atom stereocenters. The van der Waals surface area contributed by atoms with Crippen LogP contribution in [0.1, 0.15) is 19.4 Å². The second-order valence-electron chi connectivity index (χ2n) is 4.89. The van der Waals surface area contributed by atoms with Crippen LogP contribution < -0.4 is 15.5 Å². The minimum atomic E-state index is -0.00660. The number of nitrogens with zero attached hydrogens (tertiary/aromatic N) is 1. The standard InChI is InChI=1S/C14H22ClN3O/c1-10(2)17-14(19)9-18(4)13-6-5-11(8-16-3)7-12(13)15/h5-7,10,16H,8-9H2,1-4H3,(H,17,19). The molecule has 106 valence electrons. The first-order valence-electron chi connectivity index (χ1n) is 6.37. The molecule has 0 aliphatic rings. The van der Waals surface area contributed by atoms with Crippen LogP contribution >= 0.6 is 11.6 Å². The monoisotopic (exact) mass is 283 g/mol. The third kappa shape index (κ3) is 5.09. The Morgan fingerprint density at radius 2 is 2.11 bits per heavy atom. The van der Waals surface area contributed by atoms with E-state index in [1.807, 2.05) is 51.0 Å². The minimum absolute atomic E-state index is 0.00660. The van der Waals surface area contributed by atoms with Crippen molar-refractivity contribution in [3.8, 4) is 0 Å². The number of halogens is 1. The quantitative estimate of drug-likeness (QED) is 0.840. The Hall–Kier alpha value is -1.26. The van der Waals surface area contributed by atoms with Gasteiger partial charge in [-0.2, -0.15) is 0 Å². The number of anilines is 1. The Labute approximate surface area is 120 Å². The molecule has 2 N–H and O–H groups in total. The molecule has 0 spiro atoms. The lowest BCUT2D eigenvalue weighted by molar-refractivity contribution is -0.120. The summed E-state index contributed by atoms with van der Waals surface area (Å²) in [5.74, 6) is -0.00660. The third-order valence-corrected chi connectivity index (χ3v) is 2.94. The number of rotatable bonds is 6. The van der Waals surface area contributed by atoms with Gasteiger partial charge in [0.05, 0.1) is 17.3 Å². The van der Waals surface area contributed by atoms with Gasteiger partial charge in [-0.15, -0.1) is 0 Å². The van der Waals surface area contributed by atoms with Gasteiger partial charge < -0.3 is 15.5 Å². The van der Waals surface area contributed by atoms with E-state index >= 15 is 0 Å². The molecule has 0 heterocycles. The lowest BCUT2D eigenvalue weighted by atomic mass is 10.2. The van der Waals surface area contributed by atoms with Gasteiger partial charge in [0.25, 0.3) is 0 Å². The summed E-state index contributed by atoms with van der Waals surface area (Å²) in [6.07, 6.45) is 0. The highest BCUT2D eigenvalue weighted by Crippen LogP contribution is 2.25. The van der Waals surface area contributed by atoms with Crippen LogP contribution in [0.3, 0.4) is 0 Å². The fraction of sp³-hybridized carbons (Fsp3) is 0.500. The number of benzene rings is 1. The number of amides is 1. The molecule has 0 saturated heterocycles.